The van der Waals surface area contributed by atoms with E-state index in [-0.39, 0.29) is 22.7 Å². The summed E-state index contributed by atoms with van der Waals surface area (Å²) in [5.41, 5.74) is 7.94. The molecule has 8 heteroatoms. The van der Waals surface area contributed by atoms with Crippen LogP contribution in [-0.4, -0.2) is 33.4 Å². The Balaban J connectivity index is 1.80. The number of carbonyl (C=O) groups is 1. The minimum atomic E-state index is -2.05. The second-order valence-corrected chi connectivity index (χ2v) is 14.5. The van der Waals surface area contributed by atoms with Crippen LogP contribution in [-0.2, 0) is 17.9 Å². The van der Waals surface area contributed by atoms with Gasteiger partial charge in [-0.3, -0.25) is 4.79 Å². The molecule has 0 aliphatic rings. The Kier molecular flexibility index (Phi) is 6.34. The molecule has 3 aromatic rings. The molecule has 0 bridgehead atoms. The second-order valence-electron chi connectivity index (χ2n) is 9.76. The van der Waals surface area contributed by atoms with E-state index in [4.69, 9.17) is 10.2 Å². The Hall–Kier alpha value is -2.58. The third-order valence-electron chi connectivity index (χ3n) is 6.38. The molecule has 0 saturated heterocycles. The molecule has 1 unspecified atom stereocenters. The van der Waals surface area contributed by atoms with Crippen molar-refractivity contribution in [3.63, 3.8) is 0 Å². The van der Waals surface area contributed by atoms with E-state index in [9.17, 15) is 9.90 Å². The zero-order chi connectivity index (χ0) is 23.0. The molecule has 2 aromatic heterocycles. The van der Waals surface area contributed by atoms with Gasteiger partial charge in [-0.15, -0.1) is 0 Å². The Labute approximate surface area is 185 Å². The van der Waals surface area contributed by atoms with Crippen LogP contribution in [0.1, 0.15) is 55.9 Å². The lowest BCUT2D eigenvalue weighted by molar-refractivity contribution is 0.0988. The first-order valence-corrected chi connectivity index (χ1v) is 13.6. The summed E-state index contributed by atoms with van der Waals surface area (Å²) in [6.07, 6.45) is 7.73. The van der Waals surface area contributed by atoms with Crippen molar-refractivity contribution in [2.75, 3.05) is 0 Å². The normalized spacial score (nSPS) is 13.6. The number of aromatic nitrogens is 3. The second kappa shape index (κ2) is 8.51. The molecule has 0 spiro atoms. The fourth-order valence-electron chi connectivity index (χ4n) is 3.54. The summed E-state index contributed by atoms with van der Waals surface area (Å²) in [5, 5.41) is 11.0. The largest absolute Gasteiger partial charge is 0.508 e. The molecule has 7 nitrogen and oxygen atoms in total. The zero-order valence-corrected chi connectivity index (χ0v) is 20.3. The molecule has 0 fully saturated rings. The maximum absolute atomic E-state index is 11.5. The van der Waals surface area contributed by atoms with Gasteiger partial charge >= 0.3 is 0 Å². The van der Waals surface area contributed by atoms with E-state index in [0.29, 0.717) is 0 Å². The molecular weight excluding hydrogens is 408 g/mol. The van der Waals surface area contributed by atoms with Crippen molar-refractivity contribution in [2.45, 2.75) is 64.4 Å². The predicted octanol–water partition coefficient (Wildman–Crippen LogP) is 4.72. The van der Waals surface area contributed by atoms with E-state index in [1.807, 2.05) is 23.7 Å². The molecule has 0 aliphatic heterocycles. The van der Waals surface area contributed by atoms with Gasteiger partial charge in [0, 0.05) is 30.3 Å². The molecule has 1 atom stereocenters. The minimum Gasteiger partial charge on any atom is -0.508 e. The summed E-state index contributed by atoms with van der Waals surface area (Å²) in [6, 6.07) is 5.47. The van der Waals surface area contributed by atoms with E-state index in [0.717, 1.165) is 30.2 Å². The van der Waals surface area contributed by atoms with Gasteiger partial charge in [0.2, 0.25) is 0 Å². The van der Waals surface area contributed by atoms with Crippen LogP contribution in [0.25, 0.3) is 10.9 Å². The van der Waals surface area contributed by atoms with Crippen molar-refractivity contribution < 1.29 is 14.3 Å². The number of carbonyl (C=O) groups excluding carboxylic acids is 1. The third kappa shape index (κ3) is 5.02. The van der Waals surface area contributed by atoms with Crippen molar-refractivity contribution in [1.29, 1.82) is 0 Å². The highest BCUT2D eigenvalue weighted by molar-refractivity contribution is 6.74. The Morgan fingerprint density at radius 2 is 2.00 bits per heavy atom. The van der Waals surface area contributed by atoms with Gasteiger partial charge in [-0.25, -0.2) is 4.98 Å². The number of aryl methyl sites for hydroxylation is 2. The van der Waals surface area contributed by atoms with Gasteiger partial charge in [-0.1, -0.05) is 20.8 Å². The summed E-state index contributed by atoms with van der Waals surface area (Å²) >= 11 is 0. The molecule has 0 aliphatic carbocycles. The van der Waals surface area contributed by atoms with Gasteiger partial charge in [0.05, 0.1) is 6.33 Å². The molecule has 31 heavy (non-hydrogen) atoms. The van der Waals surface area contributed by atoms with E-state index in [2.05, 4.69) is 49.6 Å². The lowest BCUT2D eigenvalue weighted by Gasteiger charge is -2.39. The standard InChI is InChI=1S/C23H34N4O3Si/c1-23(2,3)31(5,6)30-21(27-14-19(22(24)29)25-15-27)9-7-8-16-13-26(4)20-11-10-17(28)12-18(16)20/h10-15,21,28H,7-9H2,1-6H3,(H2,24,29). The number of nitrogens with two attached hydrogens (primary N) is 1. The zero-order valence-electron chi connectivity index (χ0n) is 19.3. The number of imidazole rings is 1. The predicted molar refractivity (Wildman–Crippen MR) is 126 cm³/mol. The number of nitrogens with zero attached hydrogens (tertiary/aromatic N) is 3. The highest BCUT2D eigenvalue weighted by Gasteiger charge is 2.39. The van der Waals surface area contributed by atoms with Crippen LogP contribution in [0.3, 0.4) is 0 Å². The first-order valence-electron chi connectivity index (χ1n) is 10.7. The number of rotatable bonds is 8. The van der Waals surface area contributed by atoms with Crippen molar-refractivity contribution in [3.05, 3.63) is 48.2 Å². The van der Waals surface area contributed by atoms with Gasteiger partial charge in [-0.2, -0.15) is 0 Å². The molecule has 3 N–H and O–H groups in total. The Bertz CT molecular complexity index is 1080. The smallest absolute Gasteiger partial charge is 0.268 e. The van der Waals surface area contributed by atoms with Crippen LogP contribution in [0.5, 0.6) is 5.75 Å². The lowest BCUT2D eigenvalue weighted by atomic mass is 10.1. The maximum Gasteiger partial charge on any atom is 0.268 e. The SMILES string of the molecule is Cn1cc(CCCC(O[Si](C)(C)C(C)(C)C)n2cnc(C(N)=O)c2)c2cc(O)ccc21. The first-order chi connectivity index (χ1) is 14.4. The number of aromatic hydroxyl groups is 1. The molecular formula is C23H34N4O3Si. The quantitative estimate of drug-likeness (QED) is 0.493. The van der Waals surface area contributed by atoms with Gasteiger partial charge in [0.15, 0.2) is 8.32 Å². The molecule has 0 radical (unpaired) electrons. The fraction of sp³-hybridized carbons (Fsp3) is 0.478. The highest BCUT2D eigenvalue weighted by Crippen LogP contribution is 2.39. The number of phenols is 1. The van der Waals surface area contributed by atoms with Crippen molar-refractivity contribution in [2.24, 2.45) is 12.8 Å². The van der Waals surface area contributed by atoms with Crippen LogP contribution < -0.4 is 5.73 Å². The molecule has 3 rings (SSSR count). The van der Waals surface area contributed by atoms with Crippen molar-refractivity contribution in [3.8, 4) is 5.75 Å². The molecule has 2 heterocycles. The highest BCUT2D eigenvalue weighted by atomic mass is 28.4. The molecule has 1 amide bonds. The summed E-state index contributed by atoms with van der Waals surface area (Å²) in [6.45, 7) is 11.1. The topological polar surface area (TPSA) is 95.3 Å². The number of fused-ring (bicyclic) bond motifs is 1. The number of phenolic OH excluding ortho intramolecular Hbond substituents is 1. The van der Waals surface area contributed by atoms with Crippen LogP contribution in [0.4, 0.5) is 0 Å². The van der Waals surface area contributed by atoms with Crippen molar-refractivity contribution >= 4 is 25.1 Å². The Morgan fingerprint density at radius 3 is 2.61 bits per heavy atom. The van der Waals surface area contributed by atoms with E-state index in [1.165, 1.54) is 5.56 Å². The average Bonchev–Trinajstić information content (AvgIpc) is 3.25. The number of hydrogen-bond acceptors (Lipinski definition) is 4. The third-order valence-corrected chi connectivity index (χ3v) is 10.8. The first kappa shape index (κ1) is 23.1. The van der Waals surface area contributed by atoms with Crippen LogP contribution in [0.15, 0.2) is 36.9 Å². The van der Waals surface area contributed by atoms with Gasteiger partial charge < -0.3 is 24.4 Å². The summed E-state index contributed by atoms with van der Waals surface area (Å²) in [4.78, 5) is 15.7. The summed E-state index contributed by atoms with van der Waals surface area (Å²) in [5.74, 6) is -0.267. The van der Waals surface area contributed by atoms with Crippen LogP contribution in [0.2, 0.25) is 18.1 Å². The Morgan fingerprint density at radius 1 is 1.29 bits per heavy atom. The van der Waals surface area contributed by atoms with E-state index in [1.54, 1.807) is 18.6 Å². The van der Waals surface area contributed by atoms with Crippen LogP contribution in [0, 0.1) is 0 Å². The summed E-state index contributed by atoms with van der Waals surface area (Å²) < 4.78 is 10.7. The van der Waals surface area contributed by atoms with Gasteiger partial charge in [-0.05, 0) is 61.2 Å². The van der Waals surface area contributed by atoms with E-state index >= 15 is 0 Å². The molecule has 1 aromatic carbocycles. The number of benzene rings is 1. The monoisotopic (exact) mass is 442 g/mol. The van der Waals surface area contributed by atoms with Gasteiger partial charge in [0.25, 0.3) is 5.91 Å². The van der Waals surface area contributed by atoms with Crippen LogP contribution >= 0.6 is 0 Å². The average molecular weight is 443 g/mol. The van der Waals surface area contributed by atoms with E-state index < -0.39 is 14.2 Å². The minimum absolute atomic E-state index is 0.0610. The van der Waals surface area contributed by atoms with Crippen molar-refractivity contribution in [1.82, 2.24) is 14.1 Å². The summed E-state index contributed by atoms with van der Waals surface area (Å²) in [7, 11) is -0.0300. The number of primary amides is 1. The van der Waals surface area contributed by atoms with Gasteiger partial charge in [0.1, 0.15) is 17.7 Å². The maximum atomic E-state index is 11.5. The lowest BCUT2D eigenvalue weighted by Crippen LogP contribution is -2.42. The molecule has 168 valence electrons. The number of hydrogen-bond donors (Lipinski definition) is 2. The fourth-order valence-corrected chi connectivity index (χ4v) is 4.81. The molecule has 0 saturated carbocycles. The number of amides is 1.